The van der Waals surface area contributed by atoms with Gasteiger partial charge >= 0.3 is 0 Å². The fourth-order valence-electron chi connectivity index (χ4n) is 4.21. The largest absolute Gasteiger partial charge is 0.353 e. The summed E-state index contributed by atoms with van der Waals surface area (Å²) in [5.74, 6) is 1.14. The molecular formula is C19H29ClN2O. The predicted octanol–water partition coefficient (Wildman–Crippen LogP) is 3.50. The normalized spacial score (nSPS) is 29.0. The van der Waals surface area contributed by atoms with E-state index in [0.29, 0.717) is 11.8 Å². The van der Waals surface area contributed by atoms with Gasteiger partial charge in [-0.3, -0.25) is 4.79 Å². The van der Waals surface area contributed by atoms with Crippen molar-refractivity contribution in [3.05, 3.63) is 35.9 Å². The second-order valence-corrected chi connectivity index (χ2v) is 7.19. The molecule has 1 heterocycles. The predicted molar refractivity (Wildman–Crippen MR) is 97.0 cm³/mol. The quantitative estimate of drug-likeness (QED) is 0.883. The van der Waals surface area contributed by atoms with E-state index in [-0.39, 0.29) is 29.8 Å². The van der Waals surface area contributed by atoms with E-state index in [1.807, 2.05) is 6.07 Å². The molecule has 3 nitrogen and oxygen atoms in total. The number of nitrogens with one attached hydrogen (secondary N) is 2. The summed E-state index contributed by atoms with van der Waals surface area (Å²) >= 11 is 0. The van der Waals surface area contributed by atoms with Crippen molar-refractivity contribution in [1.29, 1.82) is 0 Å². The molecule has 0 aromatic heterocycles. The van der Waals surface area contributed by atoms with Crippen LogP contribution in [0.5, 0.6) is 0 Å². The van der Waals surface area contributed by atoms with Gasteiger partial charge in [0.1, 0.15) is 0 Å². The smallest absolute Gasteiger partial charge is 0.228 e. The first-order valence-electron chi connectivity index (χ1n) is 8.70. The minimum absolute atomic E-state index is 0. The molecule has 2 N–H and O–H groups in total. The third-order valence-corrected chi connectivity index (χ3v) is 5.92. The maximum Gasteiger partial charge on any atom is 0.228 e. The summed E-state index contributed by atoms with van der Waals surface area (Å²) in [4.78, 5) is 13.0. The molecule has 2 unspecified atom stereocenters. The van der Waals surface area contributed by atoms with Crippen LogP contribution in [0.3, 0.4) is 0 Å². The van der Waals surface area contributed by atoms with Crippen molar-refractivity contribution in [2.75, 3.05) is 13.1 Å². The third kappa shape index (κ3) is 3.56. The summed E-state index contributed by atoms with van der Waals surface area (Å²) in [7, 11) is 0. The molecular weight excluding hydrogens is 308 g/mol. The van der Waals surface area contributed by atoms with Gasteiger partial charge in [-0.05, 0) is 37.8 Å². The van der Waals surface area contributed by atoms with Crippen molar-refractivity contribution in [2.45, 2.75) is 51.5 Å². The Morgan fingerprint density at radius 3 is 2.74 bits per heavy atom. The summed E-state index contributed by atoms with van der Waals surface area (Å²) in [6, 6.07) is 10.6. The number of benzene rings is 1. The number of rotatable bonds is 4. The van der Waals surface area contributed by atoms with Crippen LogP contribution in [0.1, 0.15) is 51.0 Å². The third-order valence-electron chi connectivity index (χ3n) is 5.92. The highest BCUT2D eigenvalue weighted by Gasteiger charge is 2.50. The van der Waals surface area contributed by atoms with Gasteiger partial charge in [0.15, 0.2) is 0 Å². The number of carbonyl (C=O) groups excluding carboxylic acids is 1. The lowest BCUT2D eigenvalue weighted by atomic mass is 9.67. The maximum absolute atomic E-state index is 13.0. The molecule has 2 fully saturated rings. The van der Waals surface area contributed by atoms with Crippen LogP contribution in [-0.4, -0.2) is 25.0 Å². The van der Waals surface area contributed by atoms with E-state index in [1.54, 1.807) is 0 Å². The average molecular weight is 337 g/mol. The molecule has 4 heteroatoms. The van der Waals surface area contributed by atoms with Gasteiger partial charge in [0, 0.05) is 18.5 Å². The Bertz CT molecular complexity index is 521. The number of halogens is 1. The Labute approximate surface area is 146 Å². The van der Waals surface area contributed by atoms with E-state index in [9.17, 15) is 4.79 Å². The van der Waals surface area contributed by atoms with Crippen LogP contribution in [0.2, 0.25) is 0 Å². The molecule has 1 aliphatic heterocycles. The summed E-state index contributed by atoms with van der Waals surface area (Å²) < 4.78 is 0. The Morgan fingerprint density at radius 2 is 2.00 bits per heavy atom. The van der Waals surface area contributed by atoms with Gasteiger partial charge in [-0.1, -0.05) is 50.1 Å². The summed E-state index contributed by atoms with van der Waals surface area (Å²) in [5.41, 5.74) is 1.14. The van der Waals surface area contributed by atoms with E-state index < -0.39 is 0 Å². The zero-order valence-corrected chi connectivity index (χ0v) is 15.0. The zero-order chi connectivity index (χ0) is 15.6. The monoisotopic (exact) mass is 336 g/mol. The molecule has 1 amide bonds. The molecule has 1 aliphatic carbocycles. The highest BCUT2D eigenvalue weighted by atomic mass is 35.5. The van der Waals surface area contributed by atoms with Gasteiger partial charge in [0.2, 0.25) is 5.91 Å². The molecule has 1 saturated carbocycles. The highest BCUT2D eigenvalue weighted by Crippen LogP contribution is 2.44. The van der Waals surface area contributed by atoms with E-state index >= 15 is 0 Å². The molecule has 4 atom stereocenters. The van der Waals surface area contributed by atoms with E-state index in [0.717, 1.165) is 19.5 Å². The van der Waals surface area contributed by atoms with Crippen molar-refractivity contribution in [3.8, 4) is 0 Å². The van der Waals surface area contributed by atoms with Crippen molar-refractivity contribution >= 4 is 18.3 Å². The van der Waals surface area contributed by atoms with E-state index in [2.05, 4.69) is 48.7 Å². The fourth-order valence-corrected chi connectivity index (χ4v) is 4.21. The second kappa shape index (κ2) is 7.67. The molecule has 23 heavy (non-hydrogen) atoms. The number of hydrogen-bond acceptors (Lipinski definition) is 2. The summed E-state index contributed by atoms with van der Waals surface area (Å²) in [6.07, 6.45) is 4.71. The van der Waals surface area contributed by atoms with Crippen LogP contribution in [-0.2, 0) is 4.79 Å². The first-order valence-corrected chi connectivity index (χ1v) is 8.70. The van der Waals surface area contributed by atoms with Gasteiger partial charge in [0.05, 0.1) is 5.41 Å². The van der Waals surface area contributed by atoms with Crippen LogP contribution >= 0.6 is 12.4 Å². The molecule has 2 aliphatic rings. The fraction of sp³-hybridized carbons (Fsp3) is 0.632. The zero-order valence-electron chi connectivity index (χ0n) is 14.2. The maximum atomic E-state index is 13.0. The van der Waals surface area contributed by atoms with Crippen molar-refractivity contribution in [1.82, 2.24) is 10.6 Å². The Balaban J connectivity index is 0.00000192. The first-order chi connectivity index (χ1) is 10.6. The lowest BCUT2D eigenvalue weighted by molar-refractivity contribution is -0.134. The standard InChI is InChI=1S/C19H28N2O.ClH/c1-14(16-8-4-3-5-9-16)15(2)21-18(22)19-11-7-6-10-17(19)12-20-13-19;/h3-5,8-9,14-15,17,20H,6-7,10-13H2,1-2H3,(H,21,22);1H/t14?,15?,17-,19+;/m0./s1. The highest BCUT2D eigenvalue weighted by molar-refractivity contribution is 5.85. The van der Waals surface area contributed by atoms with Crippen molar-refractivity contribution in [2.24, 2.45) is 11.3 Å². The van der Waals surface area contributed by atoms with Gasteiger partial charge in [-0.15, -0.1) is 12.4 Å². The lowest BCUT2D eigenvalue weighted by Gasteiger charge is -2.38. The van der Waals surface area contributed by atoms with Crippen LogP contribution in [0.25, 0.3) is 0 Å². The first kappa shape index (κ1) is 18.3. The Hall–Kier alpha value is -1.06. The molecule has 128 valence electrons. The van der Waals surface area contributed by atoms with Crippen LogP contribution < -0.4 is 10.6 Å². The number of amides is 1. The Morgan fingerprint density at radius 1 is 1.26 bits per heavy atom. The molecule has 0 bridgehead atoms. The van der Waals surface area contributed by atoms with E-state index in [4.69, 9.17) is 0 Å². The SMILES string of the molecule is CC(NC(=O)[C@@]12CCCC[C@H]1CNC2)C(C)c1ccccc1.Cl. The van der Waals surface area contributed by atoms with Crippen molar-refractivity contribution in [3.63, 3.8) is 0 Å². The van der Waals surface area contributed by atoms with Gasteiger partial charge in [0.25, 0.3) is 0 Å². The second-order valence-electron chi connectivity index (χ2n) is 7.19. The number of fused-ring (bicyclic) bond motifs is 1. The van der Waals surface area contributed by atoms with Crippen molar-refractivity contribution < 1.29 is 4.79 Å². The average Bonchev–Trinajstić information content (AvgIpc) is 3.00. The molecule has 3 rings (SSSR count). The molecule has 1 saturated heterocycles. The molecule has 0 spiro atoms. The minimum atomic E-state index is -0.150. The number of carbonyl (C=O) groups is 1. The van der Waals surface area contributed by atoms with Gasteiger partial charge in [-0.25, -0.2) is 0 Å². The Kier molecular flexibility index (Phi) is 6.10. The van der Waals surface area contributed by atoms with Crippen LogP contribution in [0, 0.1) is 11.3 Å². The molecule has 1 aromatic carbocycles. The molecule has 0 radical (unpaired) electrons. The minimum Gasteiger partial charge on any atom is -0.353 e. The lowest BCUT2D eigenvalue weighted by Crippen LogP contribution is -2.51. The van der Waals surface area contributed by atoms with Gasteiger partial charge in [-0.2, -0.15) is 0 Å². The summed E-state index contributed by atoms with van der Waals surface area (Å²) in [6.45, 7) is 6.20. The topological polar surface area (TPSA) is 41.1 Å². The summed E-state index contributed by atoms with van der Waals surface area (Å²) in [5, 5.41) is 6.79. The molecule has 1 aromatic rings. The van der Waals surface area contributed by atoms with Crippen LogP contribution in [0.15, 0.2) is 30.3 Å². The number of hydrogen-bond donors (Lipinski definition) is 2. The van der Waals surface area contributed by atoms with Crippen LogP contribution in [0.4, 0.5) is 0 Å². The van der Waals surface area contributed by atoms with Gasteiger partial charge < -0.3 is 10.6 Å². The van der Waals surface area contributed by atoms with E-state index in [1.165, 1.54) is 24.8 Å².